The summed E-state index contributed by atoms with van der Waals surface area (Å²) < 4.78 is 37.3. The number of rotatable bonds is 2. The summed E-state index contributed by atoms with van der Waals surface area (Å²) in [4.78, 5) is 0. The minimum absolute atomic E-state index is 0.612. The molecule has 4 heteroatoms. The predicted octanol–water partition coefficient (Wildman–Crippen LogP) is 3.51. The second-order valence-electron chi connectivity index (χ2n) is 3.98. The monoisotopic (exact) mass is 312 g/mol. The van der Waals surface area contributed by atoms with Gasteiger partial charge in [-0.2, -0.15) is 0 Å². The van der Waals surface area contributed by atoms with Gasteiger partial charge >= 0.3 is 112 Å². The van der Waals surface area contributed by atoms with Gasteiger partial charge in [-0.15, -0.1) is 0 Å². The molecule has 2 rings (SSSR count). The fraction of sp³-hybridized carbons (Fsp3) is 0.143. The van der Waals surface area contributed by atoms with Crippen LogP contribution in [0.15, 0.2) is 48.5 Å². The van der Waals surface area contributed by atoms with Crippen molar-refractivity contribution in [1.82, 2.24) is 0 Å². The van der Waals surface area contributed by atoms with Crippen LogP contribution in [0.5, 0.6) is 0 Å². The Hall–Kier alpha value is -1.21. The van der Waals surface area contributed by atoms with Gasteiger partial charge in [0.15, 0.2) is 0 Å². The van der Waals surface area contributed by atoms with Crippen molar-refractivity contribution in [2.75, 3.05) is 0 Å². The Kier molecular flexibility index (Phi) is 3.81. The quantitative estimate of drug-likeness (QED) is 0.745. The van der Waals surface area contributed by atoms with E-state index in [0.29, 0.717) is 0 Å². The van der Waals surface area contributed by atoms with Crippen LogP contribution in [0.1, 0.15) is 11.1 Å². The van der Waals surface area contributed by atoms with Crippen LogP contribution in [0, 0.1) is 0 Å². The van der Waals surface area contributed by atoms with E-state index in [0.717, 1.165) is 28.5 Å². The van der Waals surface area contributed by atoms with Gasteiger partial charge in [0.2, 0.25) is 0 Å². The molecule has 1 atom stereocenters. The van der Waals surface area contributed by atoms with E-state index in [1.165, 1.54) is 17.7 Å². The summed E-state index contributed by atoms with van der Waals surface area (Å²) in [6.07, 6.45) is -4.27. The molecule has 0 saturated carbocycles. The molecule has 0 spiro atoms. The Balaban J connectivity index is 2.28. The van der Waals surface area contributed by atoms with Crippen molar-refractivity contribution in [3.63, 3.8) is 0 Å². The molecule has 0 heterocycles. The Morgan fingerprint density at radius 3 is 1.61 bits per heavy atom. The number of halogens is 3. The second kappa shape index (κ2) is 5.19. The molecular weight excluding hydrogens is 300 g/mol. The van der Waals surface area contributed by atoms with Crippen LogP contribution < -0.4 is 0 Å². The number of alkyl halides is 3. The first-order chi connectivity index (χ1) is 8.50. The summed E-state index contributed by atoms with van der Waals surface area (Å²) in [6, 6.07) is 13.2. The van der Waals surface area contributed by atoms with E-state index in [4.69, 9.17) is 0 Å². The van der Waals surface area contributed by atoms with Gasteiger partial charge in [0, 0.05) is 0 Å². The molecular formula is C14H12AsF3. The fourth-order valence-electron chi connectivity index (χ4n) is 1.68. The van der Waals surface area contributed by atoms with E-state index < -0.39 is 11.7 Å². The minimum atomic E-state index is -4.27. The molecule has 1 unspecified atom stereocenters. The van der Waals surface area contributed by atoms with Crippen molar-refractivity contribution in [3.05, 3.63) is 59.7 Å². The third-order valence-corrected chi connectivity index (χ3v) is 3.72. The van der Waals surface area contributed by atoms with Gasteiger partial charge in [-0.25, -0.2) is 0 Å². The van der Waals surface area contributed by atoms with Crippen LogP contribution in [0.2, 0.25) is 0 Å². The first kappa shape index (κ1) is 13.2. The van der Waals surface area contributed by atoms with Gasteiger partial charge in [0.05, 0.1) is 0 Å². The third-order valence-electron chi connectivity index (χ3n) is 2.74. The molecule has 0 N–H and O–H groups in total. The molecule has 0 aromatic heterocycles. The third kappa shape index (κ3) is 2.97. The fourth-order valence-corrected chi connectivity index (χ4v) is 2.26. The molecule has 2 aromatic rings. The van der Waals surface area contributed by atoms with Gasteiger partial charge in [0.25, 0.3) is 0 Å². The van der Waals surface area contributed by atoms with Crippen molar-refractivity contribution in [1.29, 1.82) is 0 Å². The Morgan fingerprint density at radius 1 is 0.778 bits per heavy atom. The first-order valence-electron chi connectivity index (χ1n) is 5.47. The van der Waals surface area contributed by atoms with E-state index in [1.54, 1.807) is 16.9 Å². The Labute approximate surface area is 112 Å². The van der Waals surface area contributed by atoms with Crippen molar-refractivity contribution in [3.8, 4) is 11.1 Å². The standard InChI is InChI=1S/C14H12AsF3/c15-9-10-1-3-11(4-2-10)12-5-7-13(8-6-12)14(16,17)18/h1-8H,9,15H2. The molecule has 0 amide bonds. The van der Waals surface area contributed by atoms with Crippen molar-refractivity contribution in [2.45, 2.75) is 11.4 Å². The Morgan fingerprint density at radius 2 is 1.22 bits per heavy atom. The molecule has 0 fully saturated rings. The zero-order valence-electron chi connectivity index (χ0n) is 9.54. The van der Waals surface area contributed by atoms with Crippen molar-refractivity contribution < 1.29 is 13.2 Å². The number of hydrogen-bond donors (Lipinski definition) is 0. The van der Waals surface area contributed by atoms with Gasteiger partial charge in [-0.05, 0) is 0 Å². The van der Waals surface area contributed by atoms with E-state index in [9.17, 15) is 13.2 Å². The molecule has 0 saturated heterocycles. The average Bonchev–Trinajstić information content (AvgIpc) is 2.38. The topological polar surface area (TPSA) is 0 Å². The van der Waals surface area contributed by atoms with Crippen LogP contribution in [-0.4, -0.2) is 16.9 Å². The SMILES string of the molecule is FC(F)(F)c1ccc(-c2ccc(C[AsH2])cc2)cc1. The van der Waals surface area contributed by atoms with Crippen LogP contribution in [0.4, 0.5) is 13.2 Å². The normalized spacial score (nSPS) is 11.6. The van der Waals surface area contributed by atoms with Crippen molar-refractivity contribution >= 4 is 16.9 Å². The number of hydrogen-bond acceptors (Lipinski definition) is 0. The van der Waals surface area contributed by atoms with Gasteiger partial charge in [-0.1, -0.05) is 0 Å². The predicted molar refractivity (Wildman–Crippen MR) is 69.1 cm³/mol. The van der Waals surface area contributed by atoms with E-state index in [2.05, 4.69) is 0 Å². The summed E-state index contributed by atoms with van der Waals surface area (Å²) in [5, 5.41) is 1.01. The zero-order valence-corrected chi connectivity index (χ0v) is 12.0. The molecule has 0 radical (unpaired) electrons. The molecule has 0 aliphatic heterocycles. The van der Waals surface area contributed by atoms with E-state index in [-0.39, 0.29) is 0 Å². The van der Waals surface area contributed by atoms with Gasteiger partial charge < -0.3 is 0 Å². The molecule has 0 bridgehead atoms. The summed E-state index contributed by atoms with van der Waals surface area (Å²) in [7, 11) is 0. The molecule has 0 nitrogen and oxygen atoms in total. The molecule has 0 aliphatic rings. The maximum atomic E-state index is 12.4. The van der Waals surface area contributed by atoms with Gasteiger partial charge in [0.1, 0.15) is 0 Å². The molecule has 18 heavy (non-hydrogen) atoms. The summed E-state index contributed by atoms with van der Waals surface area (Å²) in [5.41, 5.74) is 2.37. The van der Waals surface area contributed by atoms with Gasteiger partial charge in [-0.3, -0.25) is 0 Å². The maximum absolute atomic E-state index is 12.4. The second-order valence-corrected chi connectivity index (χ2v) is 4.83. The number of benzene rings is 2. The van der Waals surface area contributed by atoms with Crippen LogP contribution in [-0.2, 0) is 11.4 Å². The summed E-state index contributed by atoms with van der Waals surface area (Å²) >= 11 is 1.64. The average molecular weight is 312 g/mol. The van der Waals surface area contributed by atoms with Crippen molar-refractivity contribution in [2.24, 2.45) is 0 Å². The van der Waals surface area contributed by atoms with Crippen LogP contribution >= 0.6 is 0 Å². The zero-order chi connectivity index (χ0) is 13.2. The molecule has 0 aliphatic carbocycles. The summed E-state index contributed by atoms with van der Waals surface area (Å²) in [6.45, 7) is 0. The molecule has 2 aromatic carbocycles. The van der Waals surface area contributed by atoms with Crippen LogP contribution in [0.25, 0.3) is 11.1 Å². The van der Waals surface area contributed by atoms with E-state index >= 15 is 0 Å². The first-order valence-corrected chi connectivity index (χ1v) is 7.18. The van der Waals surface area contributed by atoms with E-state index in [1.807, 2.05) is 24.3 Å². The summed E-state index contributed by atoms with van der Waals surface area (Å²) in [5.74, 6) is 0. The Bertz CT molecular complexity index is 512. The van der Waals surface area contributed by atoms with Crippen LogP contribution in [0.3, 0.4) is 0 Å². The molecule has 94 valence electrons.